The first kappa shape index (κ1) is 13.9. The molecular weight excluding hydrogens is 258 g/mol. The quantitative estimate of drug-likeness (QED) is 0.792. The Morgan fingerprint density at radius 2 is 2.05 bits per heavy atom. The molecule has 2 rings (SSSR count). The van der Waals surface area contributed by atoms with Crippen molar-refractivity contribution in [2.75, 3.05) is 0 Å². The van der Waals surface area contributed by atoms with Crippen LogP contribution in [0.2, 0.25) is 0 Å². The molecule has 0 saturated heterocycles. The van der Waals surface area contributed by atoms with E-state index >= 15 is 0 Å². The van der Waals surface area contributed by atoms with Crippen molar-refractivity contribution in [2.24, 2.45) is 11.4 Å². The molecule has 0 radical (unpaired) electrons. The summed E-state index contributed by atoms with van der Waals surface area (Å²) in [5, 5.41) is 5.40. The third kappa shape index (κ3) is 3.10. The van der Waals surface area contributed by atoms with E-state index in [9.17, 15) is 4.21 Å². The van der Waals surface area contributed by atoms with Gasteiger partial charge in [0.1, 0.15) is 11.0 Å². The van der Waals surface area contributed by atoms with E-state index in [0.29, 0.717) is 0 Å². The highest BCUT2D eigenvalue weighted by Gasteiger charge is 2.19. The van der Waals surface area contributed by atoms with Gasteiger partial charge in [-0.05, 0) is 45.4 Å². The topological polar surface area (TPSA) is 47.2 Å². The van der Waals surface area contributed by atoms with Gasteiger partial charge in [-0.15, -0.1) is 0 Å². The van der Waals surface area contributed by atoms with Gasteiger partial charge in [0, 0.05) is 18.6 Å². The van der Waals surface area contributed by atoms with Crippen molar-refractivity contribution < 1.29 is 4.21 Å². The minimum Gasteiger partial charge on any atom is -0.275 e. The van der Waals surface area contributed by atoms with E-state index in [0.717, 1.165) is 22.2 Å². The maximum atomic E-state index is 12.0. The minimum atomic E-state index is -1.23. The van der Waals surface area contributed by atoms with Gasteiger partial charge < -0.3 is 0 Å². The van der Waals surface area contributed by atoms with E-state index in [1.165, 1.54) is 0 Å². The second-order valence-corrected chi connectivity index (χ2v) is 7.52. The number of hydrogen-bond acceptors (Lipinski definition) is 2. The summed E-state index contributed by atoms with van der Waals surface area (Å²) in [6.45, 7) is 7.65. The van der Waals surface area contributed by atoms with E-state index in [4.69, 9.17) is 0 Å². The van der Waals surface area contributed by atoms with Crippen molar-refractivity contribution in [1.82, 2.24) is 9.78 Å². The number of benzene rings is 1. The van der Waals surface area contributed by atoms with Gasteiger partial charge in [-0.25, -0.2) is 4.21 Å². The van der Waals surface area contributed by atoms with Crippen molar-refractivity contribution in [1.29, 1.82) is 0 Å². The molecule has 1 aromatic carbocycles. The lowest BCUT2D eigenvalue weighted by atomic mass is 10.1. The molecule has 0 spiro atoms. The number of nitrogens with zero attached hydrogens (tertiary/aromatic N) is 3. The molecule has 1 heterocycles. The molecule has 0 bridgehead atoms. The van der Waals surface area contributed by atoms with Gasteiger partial charge in [0.05, 0.1) is 16.0 Å². The molecule has 0 aliphatic carbocycles. The van der Waals surface area contributed by atoms with E-state index < -0.39 is 11.0 Å². The van der Waals surface area contributed by atoms with Gasteiger partial charge in [-0.2, -0.15) is 9.50 Å². The summed E-state index contributed by atoms with van der Waals surface area (Å²) in [4.78, 5) is 0. The van der Waals surface area contributed by atoms with Crippen LogP contribution in [0.25, 0.3) is 10.9 Å². The summed E-state index contributed by atoms with van der Waals surface area (Å²) in [5.41, 5.74) is 2.73. The predicted molar refractivity (Wildman–Crippen MR) is 80.8 cm³/mol. The highest BCUT2D eigenvalue weighted by molar-refractivity contribution is 7.85. The van der Waals surface area contributed by atoms with Crippen molar-refractivity contribution >= 4 is 27.6 Å². The van der Waals surface area contributed by atoms with Gasteiger partial charge in [0.2, 0.25) is 0 Å². The van der Waals surface area contributed by atoms with Crippen LogP contribution >= 0.6 is 0 Å². The Kier molecular flexibility index (Phi) is 3.58. The summed E-state index contributed by atoms with van der Waals surface area (Å²) >= 11 is 0. The molecule has 5 heteroatoms. The first-order chi connectivity index (χ1) is 8.77. The van der Waals surface area contributed by atoms with Crippen LogP contribution in [0, 0.1) is 0 Å². The Labute approximate surface area is 116 Å². The van der Waals surface area contributed by atoms with Gasteiger partial charge in [-0.1, -0.05) is 6.07 Å². The van der Waals surface area contributed by atoms with Crippen LogP contribution in [0.15, 0.2) is 28.8 Å². The molecule has 0 amide bonds. The average Bonchev–Trinajstić information content (AvgIpc) is 2.66. The molecular formula is C14H19N3OS. The first-order valence-electron chi connectivity index (χ1n) is 6.18. The molecule has 19 heavy (non-hydrogen) atoms. The lowest BCUT2D eigenvalue weighted by Gasteiger charge is -2.14. The molecule has 0 N–H and O–H groups in total. The van der Waals surface area contributed by atoms with E-state index in [1.54, 1.807) is 4.68 Å². The molecule has 0 unspecified atom stereocenters. The van der Waals surface area contributed by atoms with Crippen LogP contribution in [0.1, 0.15) is 33.3 Å². The minimum absolute atomic E-state index is 0.334. The van der Waals surface area contributed by atoms with Crippen molar-refractivity contribution in [2.45, 2.75) is 32.4 Å². The average molecular weight is 277 g/mol. The molecule has 1 atom stereocenters. The van der Waals surface area contributed by atoms with Crippen molar-refractivity contribution in [3.63, 3.8) is 0 Å². The van der Waals surface area contributed by atoms with Crippen LogP contribution in [-0.4, -0.2) is 24.4 Å². The Bertz CT molecular complexity index is 665. The maximum Gasteiger partial charge on any atom is 0.145 e. The Morgan fingerprint density at radius 3 is 2.68 bits per heavy atom. The fourth-order valence-corrected chi connectivity index (χ4v) is 2.32. The highest BCUT2D eigenvalue weighted by Crippen LogP contribution is 2.17. The molecule has 0 aliphatic heterocycles. The third-order valence-corrected chi connectivity index (χ3v) is 4.27. The van der Waals surface area contributed by atoms with Gasteiger partial charge >= 0.3 is 0 Å². The Hall–Kier alpha value is -1.49. The largest absolute Gasteiger partial charge is 0.275 e. The summed E-state index contributed by atoms with van der Waals surface area (Å²) in [6, 6.07) is 5.96. The summed E-state index contributed by atoms with van der Waals surface area (Å²) in [7, 11) is 0.669. The number of aryl methyl sites for hydroxylation is 1. The zero-order valence-corrected chi connectivity index (χ0v) is 12.8. The molecule has 102 valence electrons. The molecule has 2 aromatic rings. The molecule has 0 aliphatic rings. The lowest BCUT2D eigenvalue weighted by molar-refractivity contribution is 0.650. The van der Waals surface area contributed by atoms with Crippen LogP contribution in [0.4, 0.5) is 0 Å². The van der Waals surface area contributed by atoms with Crippen LogP contribution < -0.4 is 0 Å². The van der Waals surface area contributed by atoms with Crippen molar-refractivity contribution in [3.8, 4) is 0 Å². The monoisotopic (exact) mass is 277 g/mol. The predicted octanol–water partition coefficient (Wildman–Crippen LogP) is 2.84. The Morgan fingerprint density at radius 1 is 1.37 bits per heavy atom. The van der Waals surface area contributed by atoms with Crippen LogP contribution in [0.3, 0.4) is 0 Å². The van der Waals surface area contributed by atoms with Crippen molar-refractivity contribution in [3.05, 3.63) is 30.0 Å². The SMILES string of the molecule is CC(=N[S@@](=O)C(C)(C)C)c1ccc2nn(C)cc2c1. The first-order valence-corrected chi connectivity index (χ1v) is 7.29. The lowest BCUT2D eigenvalue weighted by Crippen LogP contribution is -2.20. The zero-order valence-electron chi connectivity index (χ0n) is 12.0. The molecule has 0 saturated carbocycles. The number of hydrogen-bond donors (Lipinski definition) is 0. The van der Waals surface area contributed by atoms with Gasteiger partial charge in [0.15, 0.2) is 0 Å². The van der Waals surface area contributed by atoms with Gasteiger partial charge in [-0.3, -0.25) is 4.68 Å². The van der Waals surface area contributed by atoms with E-state index in [1.807, 2.05) is 59.1 Å². The maximum absolute atomic E-state index is 12.0. The zero-order chi connectivity index (χ0) is 14.2. The number of aromatic nitrogens is 2. The fourth-order valence-electron chi connectivity index (χ4n) is 1.69. The van der Waals surface area contributed by atoms with E-state index in [2.05, 4.69) is 9.50 Å². The summed E-state index contributed by atoms with van der Waals surface area (Å²) < 4.78 is 17.8. The smallest absolute Gasteiger partial charge is 0.145 e. The molecule has 4 nitrogen and oxygen atoms in total. The fraction of sp³-hybridized carbons (Fsp3) is 0.429. The third-order valence-electron chi connectivity index (χ3n) is 2.78. The number of rotatable bonds is 2. The second-order valence-electron chi connectivity index (χ2n) is 5.61. The van der Waals surface area contributed by atoms with Gasteiger partial charge in [0.25, 0.3) is 0 Å². The Balaban J connectivity index is 2.38. The highest BCUT2D eigenvalue weighted by atomic mass is 32.2. The van der Waals surface area contributed by atoms with Crippen LogP contribution in [0.5, 0.6) is 0 Å². The molecule has 0 fully saturated rings. The number of fused-ring (bicyclic) bond motifs is 1. The van der Waals surface area contributed by atoms with Crippen LogP contribution in [-0.2, 0) is 18.0 Å². The summed E-state index contributed by atoms with van der Waals surface area (Å²) in [6.07, 6.45) is 1.97. The summed E-state index contributed by atoms with van der Waals surface area (Å²) in [5.74, 6) is 0. The normalized spacial score (nSPS) is 14.9. The van der Waals surface area contributed by atoms with E-state index in [-0.39, 0.29) is 4.75 Å². The standard InChI is InChI=1S/C14H19N3OS/c1-10(16-19(18)14(2,3)4)11-6-7-13-12(8-11)9-17(5)15-13/h6-9H,1-5H3/t19-/m0/s1. The molecule has 1 aromatic heterocycles. The second kappa shape index (κ2) is 4.89.